The van der Waals surface area contributed by atoms with Crippen LogP contribution in [-0.4, -0.2) is 24.6 Å². The van der Waals surface area contributed by atoms with E-state index in [4.69, 9.17) is 10.00 Å². The Morgan fingerprint density at radius 1 is 1.00 bits per heavy atom. The molecule has 0 bridgehead atoms. The lowest BCUT2D eigenvalue weighted by Crippen LogP contribution is -2.28. The van der Waals surface area contributed by atoms with Gasteiger partial charge in [-0.25, -0.2) is 8.42 Å². The first kappa shape index (κ1) is 21.5. The quantitative estimate of drug-likeness (QED) is 0.419. The van der Waals surface area contributed by atoms with Crippen molar-refractivity contribution in [2.24, 2.45) is 0 Å². The highest BCUT2D eigenvalue weighted by Crippen LogP contribution is 2.37. The molecule has 160 valence electrons. The lowest BCUT2D eigenvalue weighted by atomic mass is 9.93. The van der Waals surface area contributed by atoms with E-state index in [0.717, 1.165) is 22.0 Å². The fraction of sp³-hybridized carbons (Fsp3) is 0.160. The van der Waals surface area contributed by atoms with E-state index in [9.17, 15) is 8.42 Å². The number of fused-ring (bicyclic) bond motifs is 1. The number of nitrogens with zero attached hydrogens (tertiary/aromatic N) is 3. The molecule has 0 aliphatic rings. The summed E-state index contributed by atoms with van der Waals surface area (Å²) >= 11 is 0. The number of sulfone groups is 1. The second-order valence-corrected chi connectivity index (χ2v) is 10.6. The summed E-state index contributed by atoms with van der Waals surface area (Å²) in [6, 6.07) is 18.6. The van der Waals surface area contributed by atoms with Gasteiger partial charge in [0, 0.05) is 35.7 Å². The van der Waals surface area contributed by atoms with Crippen LogP contribution in [-0.2, 0) is 14.6 Å². The van der Waals surface area contributed by atoms with Gasteiger partial charge in [0.25, 0.3) is 0 Å². The Kier molecular flexibility index (Phi) is 5.41. The highest BCUT2D eigenvalue weighted by molar-refractivity contribution is 7.91. The average molecular weight is 444 g/mol. The molecule has 0 aliphatic carbocycles. The summed E-state index contributed by atoms with van der Waals surface area (Å²) in [6.07, 6.45) is 5.97. The average Bonchev–Trinajstić information content (AvgIpc) is 2.78. The molecule has 4 rings (SSSR count). The number of benzene rings is 2. The minimum absolute atomic E-state index is 0.407. The van der Waals surface area contributed by atoms with Crippen LogP contribution in [0.4, 0.5) is 0 Å². The zero-order valence-corrected chi connectivity index (χ0v) is 18.7. The number of hydrogen-bond donors (Lipinski definition) is 0. The molecule has 32 heavy (non-hydrogen) atoms. The number of rotatable bonds is 5. The molecule has 0 saturated heterocycles. The molecular weight excluding hydrogens is 422 g/mol. The molecule has 2 aromatic carbocycles. The summed E-state index contributed by atoms with van der Waals surface area (Å²) in [5.74, 6) is 1.02. The van der Waals surface area contributed by atoms with E-state index < -0.39 is 14.6 Å². The van der Waals surface area contributed by atoms with Gasteiger partial charge in [0.05, 0.1) is 22.0 Å². The lowest BCUT2D eigenvalue weighted by Gasteiger charge is -2.24. The molecule has 0 N–H and O–H groups in total. The van der Waals surface area contributed by atoms with Gasteiger partial charge >= 0.3 is 0 Å². The number of hydrogen-bond acceptors (Lipinski definition) is 6. The normalized spacial score (nSPS) is 11.8. The molecule has 4 aromatic rings. The maximum absolute atomic E-state index is 12.5. The Morgan fingerprint density at radius 2 is 1.81 bits per heavy atom. The van der Waals surface area contributed by atoms with Crippen molar-refractivity contribution < 1.29 is 13.2 Å². The topological polar surface area (TPSA) is 92.9 Å². The van der Waals surface area contributed by atoms with Gasteiger partial charge in [-0.05, 0) is 55.3 Å². The fourth-order valence-corrected chi connectivity index (χ4v) is 3.92. The summed E-state index contributed by atoms with van der Waals surface area (Å²) in [7, 11) is -3.36. The third kappa shape index (κ3) is 4.05. The Bertz CT molecular complexity index is 1470. The zero-order valence-electron chi connectivity index (χ0n) is 17.9. The number of pyridine rings is 2. The van der Waals surface area contributed by atoms with Crippen LogP contribution in [0, 0.1) is 11.3 Å². The van der Waals surface area contributed by atoms with Gasteiger partial charge in [0.2, 0.25) is 0 Å². The first-order valence-corrected chi connectivity index (χ1v) is 11.8. The molecule has 0 fully saturated rings. The number of nitriles is 1. The highest BCUT2D eigenvalue weighted by atomic mass is 32.2. The van der Waals surface area contributed by atoms with Crippen LogP contribution in [0.15, 0.2) is 73.2 Å². The molecule has 0 radical (unpaired) electrons. The molecule has 0 unspecified atom stereocenters. The summed E-state index contributed by atoms with van der Waals surface area (Å²) < 4.78 is 29.8. The van der Waals surface area contributed by atoms with E-state index in [-0.39, 0.29) is 0 Å². The van der Waals surface area contributed by atoms with Crippen LogP contribution >= 0.6 is 0 Å². The van der Waals surface area contributed by atoms with Crippen LogP contribution in [0.1, 0.15) is 25.0 Å². The van der Waals surface area contributed by atoms with E-state index >= 15 is 0 Å². The van der Waals surface area contributed by atoms with Crippen molar-refractivity contribution in [1.82, 2.24) is 9.97 Å². The predicted molar refractivity (Wildman–Crippen MR) is 124 cm³/mol. The first-order chi connectivity index (χ1) is 15.2. The molecule has 0 amide bonds. The predicted octanol–water partition coefficient (Wildman–Crippen LogP) is 5.24. The fourth-order valence-electron chi connectivity index (χ4n) is 3.37. The third-order valence-corrected chi connectivity index (χ3v) is 7.64. The lowest BCUT2D eigenvalue weighted by molar-refractivity contribution is 0.480. The van der Waals surface area contributed by atoms with Crippen molar-refractivity contribution in [3.05, 3.63) is 84.3 Å². The summed E-state index contributed by atoms with van der Waals surface area (Å²) in [6.45, 7) is 3.41. The van der Waals surface area contributed by atoms with Gasteiger partial charge in [-0.1, -0.05) is 18.2 Å². The van der Waals surface area contributed by atoms with Crippen LogP contribution in [0.25, 0.3) is 22.0 Å². The summed E-state index contributed by atoms with van der Waals surface area (Å²) in [5, 5.41) is 9.93. The van der Waals surface area contributed by atoms with Crippen LogP contribution in [0.2, 0.25) is 0 Å². The second-order valence-electron chi connectivity index (χ2n) is 8.03. The molecule has 0 atom stereocenters. The molecule has 0 saturated carbocycles. The molecular formula is C25H21N3O3S. The van der Waals surface area contributed by atoms with Crippen molar-refractivity contribution in [3.63, 3.8) is 0 Å². The Balaban J connectivity index is 1.85. The largest absolute Gasteiger partial charge is 0.456 e. The zero-order chi connectivity index (χ0) is 22.9. The number of aromatic nitrogens is 2. The summed E-state index contributed by atoms with van der Waals surface area (Å²) in [4.78, 5) is 8.56. The van der Waals surface area contributed by atoms with E-state index in [2.05, 4.69) is 9.97 Å². The van der Waals surface area contributed by atoms with E-state index in [1.54, 1.807) is 32.3 Å². The molecule has 7 heteroatoms. The monoisotopic (exact) mass is 443 g/mol. The van der Waals surface area contributed by atoms with Crippen LogP contribution in [0.3, 0.4) is 0 Å². The van der Waals surface area contributed by atoms with Crippen molar-refractivity contribution in [2.75, 3.05) is 6.26 Å². The maximum Gasteiger partial charge on any atom is 0.156 e. The number of ether oxygens (including phenoxy) is 1. The van der Waals surface area contributed by atoms with Gasteiger partial charge in [0.1, 0.15) is 17.6 Å². The maximum atomic E-state index is 12.5. The van der Waals surface area contributed by atoms with E-state index in [1.807, 2.05) is 54.6 Å². The Morgan fingerprint density at radius 3 is 2.56 bits per heavy atom. The highest BCUT2D eigenvalue weighted by Gasteiger charge is 2.33. The van der Waals surface area contributed by atoms with Gasteiger partial charge in [-0.3, -0.25) is 9.97 Å². The van der Waals surface area contributed by atoms with Gasteiger partial charge < -0.3 is 4.74 Å². The smallest absolute Gasteiger partial charge is 0.156 e. The van der Waals surface area contributed by atoms with Crippen LogP contribution < -0.4 is 4.74 Å². The minimum atomic E-state index is -3.36. The molecule has 2 heterocycles. The van der Waals surface area contributed by atoms with Crippen molar-refractivity contribution in [2.45, 2.75) is 18.6 Å². The SMILES string of the molecule is CC(C)(c1cc(-c2cccc(Oc3cncc(C#N)c3)c2)c2ncccc2c1)S(C)(=O)=O. The van der Waals surface area contributed by atoms with Gasteiger partial charge in [-0.15, -0.1) is 0 Å². The third-order valence-electron chi connectivity index (χ3n) is 5.55. The van der Waals surface area contributed by atoms with Crippen molar-refractivity contribution in [3.8, 4) is 28.7 Å². The van der Waals surface area contributed by atoms with E-state index in [1.165, 1.54) is 12.5 Å². The van der Waals surface area contributed by atoms with Gasteiger partial charge in [-0.2, -0.15) is 5.26 Å². The van der Waals surface area contributed by atoms with Crippen LogP contribution in [0.5, 0.6) is 11.5 Å². The van der Waals surface area contributed by atoms with Crippen molar-refractivity contribution >= 4 is 20.7 Å². The summed E-state index contributed by atoms with van der Waals surface area (Å²) in [5.41, 5.74) is 3.51. The Labute approximate surface area is 187 Å². The van der Waals surface area contributed by atoms with E-state index in [0.29, 0.717) is 22.6 Å². The molecule has 2 aromatic heterocycles. The minimum Gasteiger partial charge on any atom is -0.456 e. The molecule has 0 spiro atoms. The molecule has 0 aliphatic heterocycles. The second kappa shape index (κ2) is 8.06. The van der Waals surface area contributed by atoms with Crippen molar-refractivity contribution in [1.29, 1.82) is 5.26 Å². The standard InChI is InChI=1S/C25H21N3O3S/c1-25(2,32(3,29)30)20-11-19-7-5-9-28-24(19)23(13-20)18-6-4-8-21(12-18)31-22-10-17(14-26)15-27-16-22/h4-13,15-16H,1-3H3. The van der Waals surface area contributed by atoms with Gasteiger partial charge in [0.15, 0.2) is 9.84 Å². The molecule has 6 nitrogen and oxygen atoms in total. The first-order valence-electron chi connectivity index (χ1n) is 9.91. The Hall–Kier alpha value is -3.76.